The van der Waals surface area contributed by atoms with Gasteiger partial charge in [0, 0.05) is 18.0 Å². The summed E-state index contributed by atoms with van der Waals surface area (Å²) < 4.78 is 71.4. The van der Waals surface area contributed by atoms with Crippen LogP contribution in [0.2, 0.25) is 0 Å². The maximum atomic E-state index is 13.4. The molecule has 204 valence electrons. The molecule has 1 atom stereocenters. The number of nitrogens with zero attached hydrogens (tertiary/aromatic N) is 3. The molecular formula is C24H22F3N7O4S. The van der Waals surface area contributed by atoms with Crippen molar-refractivity contribution in [3.63, 3.8) is 0 Å². The van der Waals surface area contributed by atoms with Crippen molar-refractivity contribution in [3.8, 4) is 17.0 Å². The Hall–Kier alpha value is -4.66. The van der Waals surface area contributed by atoms with Gasteiger partial charge in [-0.1, -0.05) is 25.1 Å². The molecule has 0 fully saturated rings. The van der Waals surface area contributed by atoms with Crippen LogP contribution < -0.4 is 20.5 Å². The number of anilines is 3. The van der Waals surface area contributed by atoms with Gasteiger partial charge in [0.25, 0.3) is 15.9 Å². The first-order valence-electron chi connectivity index (χ1n) is 11.4. The number of rotatable bonds is 11. The van der Waals surface area contributed by atoms with Gasteiger partial charge in [-0.3, -0.25) is 19.6 Å². The van der Waals surface area contributed by atoms with Gasteiger partial charge >= 0.3 is 5.76 Å². The number of nitrogens with two attached hydrogens (primary N) is 1. The lowest BCUT2D eigenvalue weighted by Gasteiger charge is -2.21. The largest absolute Gasteiger partial charge is 0.484 e. The molecule has 39 heavy (non-hydrogen) atoms. The average molecular weight is 562 g/mol. The van der Waals surface area contributed by atoms with Crippen molar-refractivity contribution in [1.29, 1.82) is 0 Å². The fourth-order valence-electron chi connectivity index (χ4n) is 3.64. The second-order valence-electron chi connectivity index (χ2n) is 8.09. The zero-order valence-corrected chi connectivity index (χ0v) is 21.0. The lowest BCUT2D eigenvalue weighted by atomic mass is 10.0. The highest BCUT2D eigenvalue weighted by atomic mass is 32.2. The van der Waals surface area contributed by atoms with E-state index >= 15 is 0 Å². The average Bonchev–Trinajstić information content (AvgIpc) is 3.32. The predicted molar refractivity (Wildman–Crippen MR) is 136 cm³/mol. The highest BCUT2D eigenvalue weighted by molar-refractivity contribution is 7.93. The van der Waals surface area contributed by atoms with Crippen molar-refractivity contribution in [2.24, 2.45) is 5.73 Å². The minimum absolute atomic E-state index is 0.0423. The molecule has 0 saturated carbocycles. The second-order valence-corrected chi connectivity index (χ2v) is 9.74. The highest BCUT2D eigenvalue weighted by Crippen LogP contribution is 2.37. The third-order valence-corrected chi connectivity index (χ3v) is 6.43. The van der Waals surface area contributed by atoms with Gasteiger partial charge in [-0.15, -0.1) is 0 Å². The van der Waals surface area contributed by atoms with Crippen LogP contribution in [-0.2, 0) is 10.0 Å². The van der Waals surface area contributed by atoms with Crippen molar-refractivity contribution in [1.82, 2.24) is 20.2 Å². The van der Waals surface area contributed by atoms with E-state index in [1.807, 2.05) is 4.72 Å². The van der Waals surface area contributed by atoms with Crippen LogP contribution >= 0.6 is 0 Å². The van der Waals surface area contributed by atoms with E-state index in [1.165, 1.54) is 61.1 Å². The lowest BCUT2D eigenvalue weighted by molar-refractivity contribution is 0.100. The Morgan fingerprint density at radius 2 is 1.90 bits per heavy atom. The quantitative estimate of drug-likeness (QED) is 0.210. The number of aromatic amines is 1. The summed E-state index contributed by atoms with van der Waals surface area (Å²) in [5, 5.41) is 9.61. The van der Waals surface area contributed by atoms with Crippen molar-refractivity contribution >= 4 is 33.3 Å². The summed E-state index contributed by atoms with van der Waals surface area (Å²) in [6, 6.07) is 9.33. The van der Waals surface area contributed by atoms with Crippen LogP contribution in [-0.4, -0.2) is 40.2 Å². The molecule has 0 radical (unpaired) electrons. The molecule has 0 bridgehead atoms. The molecule has 4 rings (SSSR count). The zero-order chi connectivity index (χ0) is 28.2. The van der Waals surface area contributed by atoms with Gasteiger partial charge in [-0.05, 0) is 36.2 Å². The highest BCUT2D eigenvalue weighted by Gasteiger charge is 2.27. The summed E-state index contributed by atoms with van der Waals surface area (Å²) in [7, 11) is -5.05. The zero-order valence-electron chi connectivity index (χ0n) is 20.2. The van der Waals surface area contributed by atoms with E-state index in [4.69, 9.17) is 10.5 Å². The molecule has 15 heteroatoms. The van der Waals surface area contributed by atoms with Crippen LogP contribution in [0.25, 0.3) is 11.3 Å². The Morgan fingerprint density at radius 1 is 1.15 bits per heavy atom. The van der Waals surface area contributed by atoms with Gasteiger partial charge in [-0.2, -0.15) is 13.9 Å². The number of nitrogens with one attached hydrogen (secondary N) is 3. The number of hydrogen-bond donors (Lipinski definition) is 4. The Morgan fingerprint density at radius 3 is 2.51 bits per heavy atom. The van der Waals surface area contributed by atoms with Gasteiger partial charge in [0.05, 0.1) is 17.6 Å². The first-order valence-corrected chi connectivity index (χ1v) is 12.9. The van der Waals surface area contributed by atoms with Gasteiger partial charge in [0.15, 0.2) is 5.82 Å². The summed E-state index contributed by atoms with van der Waals surface area (Å²) in [6.07, 6.45) is 3.93. The minimum Gasteiger partial charge on any atom is -0.484 e. The Kier molecular flexibility index (Phi) is 7.99. The number of primary amides is 1. The fourth-order valence-corrected chi connectivity index (χ4v) is 4.21. The topological polar surface area (TPSA) is 165 Å². The van der Waals surface area contributed by atoms with Crippen molar-refractivity contribution in [2.45, 2.75) is 25.2 Å². The maximum absolute atomic E-state index is 13.4. The Bertz CT molecular complexity index is 1570. The van der Waals surface area contributed by atoms with E-state index in [2.05, 4.69) is 25.5 Å². The van der Waals surface area contributed by atoms with E-state index in [1.54, 1.807) is 6.92 Å². The first-order chi connectivity index (χ1) is 18.6. The molecular weight excluding hydrogens is 539 g/mol. The monoisotopic (exact) mass is 561 g/mol. The van der Waals surface area contributed by atoms with Crippen LogP contribution in [0, 0.1) is 5.82 Å². The minimum atomic E-state index is -5.05. The van der Waals surface area contributed by atoms with E-state index < -0.39 is 33.6 Å². The normalized spacial score (nSPS) is 12.2. The molecule has 0 aliphatic carbocycles. The molecule has 0 saturated heterocycles. The number of ether oxygens (including phenoxy) is 1. The third-order valence-electron chi connectivity index (χ3n) is 5.46. The molecule has 0 aliphatic heterocycles. The summed E-state index contributed by atoms with van der Waals surface area (Å²) >= 11 is 0. The maximum Gasteiger partial charge on any atom is 0.355 e. The molecule has 2 aromatic heterocycles. The van der Waals surface area contributed by atoms with Crippen LogP contribution in [0.4, 0.5) is 30.5 Å². The number of sulfonamides is 1. The number of benzene rings is 2. The van der Waals surface area contributed by atoms with Gasteiger partial charge < -0.3 is 15.8 Å². The van der Waals surface area contributed by atoms with Gasteiger partial charge in [0.2, 0.25) is 0 Å². The summed E-state index contributed by atoms with van der Waals surface area (Å²) in [6.45, 7) is 1.77. The summed E-state index contributed by atoms with van der Waals surface area (Å²) in [5.74, 6) is -4.84. The van der Waals surface area contributed by atoms with Crippen LogP contribution in [0.1, 0.15) is 35.4 Å². The molecule has 4 aromatic rings. The number of H-pyrrole nitrogens is 1. The van der Waals surface area contributed by atoms with Crippen LogP contribution in [0.3, 0.4) is 0 Å². The van der Waals surface area contributed by atoms with E-state index in [0.29, 0.717) is 12.0 Å². The first kappa shape index (κ1) is 27.4. The SMILES string of the molecule is CCC(Oc1cc(-c2[nH]nc(Nc3cnccn3)c2C(N)=O)ccc1NS(=O)(=O)C(F)F)c1ccc(F)cc1. The predicted octanol–water partition coefficient (Wildman–Crippen LogP) is 4.34. The number of carbonyl (C=O) groups is 1. The van der Waals surface area contributed by atoms with Crippen molar-refractivity contribution in [2.75, 3.05) is 10.0 Å². The molecule has 0 spiro atoms. The number of hydrogen-bond acceptors (Lipinski definition) is 8. The summed E-state index contributed by atoms with van der Waals surface area (Å²) in [5.41, 5.74) is 6.24. The van der Waals surface area contributed by atoms with Gasteiger partial charge in [-0.25, -0.2) is 17.8 Å². The van der Waals surface area contributed by atoms with Crippen molar-refractivity contribution in [3.05, 3.63) is 78.0 Å². The molecule has 0 aliphatic rings. The van der Waals surface area contributed by atoms with Crippen LogP contribution in [0.5, 0.6) is 5.75 Å². The number of carbonyl (C=O) groups excluding carboxylic acids is 1. The third kappa shape index (κ3) is 6.26. The molecule has 1 amide bonds. The second kappa shape index (κ2) is 11.4. The molecule has 2 heterocycles. The van der Waals surface area contributed by atoms with E-state index in [9.17, 15) is 26.4 Å². The number of amides is 1. The fraction of sp³-hybridized carbons (Fsp3) is 0.167. The molecule has 2 aromatic carbocycles. The van der Waals surface area contributed by atoms with E-state index in [-0.39, 0.29) is 39.9 Å². The standard InChI is InChI=1S/C24H22F3N7O4S/c1-2-17(13-3-6-15(25)7-4-13)38-18-11-14(5-8-16(18)34-39(36,37)24(26)27)21-20(22(28)35)23(33-32-21)31-19-12-29-9-10-30-19/h3-12,17,24,34H,2H2,1H3,(H2,28,35)(H2,30,31,32,33). The molecule has 1 unspecified atom stereocenters. The Balaban J connectivity index is 1.78. The summed E-state index contributed by atoms with van der Waals surface area (Å²) in [4.78, 5) is 20.3. The molecule has 11 nitrogen and oxygen atoms in total. The van der Waals surface area contributed by atoms with E-state index in [0.717, 1.165) is 0 Å². The smallest absolute Gasteiger partial charge is 0.355 e. The van der Waals surface area contributed by atoms with Gasteiger partial charge in [0.1, 0.15) is 29.1 Å². The Labute approximate surface area is 220 Å². The number of aromatic nitrogens is 4. The lowest BCUT2D eigenvalue weighted by Crippen LogP contribution is -2.21. The number of alkyl halides is 2. The van der Waals surface area contributed by atoms with Crippen LogP contribution in [0.15, 0.2) is 61.1 Å². The molecule has 5 N–H and O–H groups in total. The van der Waals surface area contributed by atoms with Crippen molar-refractivity contribution < 1.29 is 31.1 Å². The number of halogens is 3.